The molecule has 0 aromatic carbocycles. The standard InChI is InChI=1S/C17H34N2O4S/c1-5-12-24(22,23)19-11-7-6-8-15(19)16(21)18-14(13-20)9-10-17(2,3)4/h14-15,20H,5-13H2,1-4H3,(H,18,21)/t14-,15+/m1/s1. The number of sulfonamides is 1. The Bertz CT molecular complexity index is 499. The number of nitrogens with zero attached hydrogens (tertiary/aromatic N) is 1. The van der Waals surface area contributed by atoms with Crippen molar-refractivity contribution >= 4 is 15.9 Å². The minimum atomic E-state index is -3.40. The van der Waals surface area contributed by atoms with E-state index in [1.165, 1.54) is 4.31 Å². The van der Waals surface area contributed by atoms with Gasteiger partial charge in [-0.2, -0.15) is 4.31 Å². The van der Waals surface area contributed by atoms with Gasteiger partial charge in [-0.1, -0.05) is 34.1 Å². The Balaban J connectivity index is 2.75. The van der Waals surface area contributed by atoms with E-state index in [1.54, 1.807) is 0 Å². The first kappa shape index (κ1) is 21.4. The van der Waals surface area contributed by atoms with Crippen molar-refractivity contribution < 1.29 is 18.3 Å². The van der Waals surface area contributed by atoms with E-state index in [4.69, 9.17) is 0 Å². The first-order valence-electron chi connectivity index (χ1n) is 9.01. The predicted octanol–water partition coefficient (Wildman–Crippen LogP) is 1.88. The van der Waals surface area contributed by atoms with Crippen LogP contribution in [-0.2, 0) is 14.8 Å². The summed E-state index contributed by atoms with van der Waals surface area (Å²) >= 11 is 0. The molecular formula is C17H34N2O4S. The lowest BCUT2D eigenvalue weighted by atomic mass is 9.88. The predicted molar refractivity (Wildman–Crippen MR) is 96.1 cm³/mol. The van der Waals surface area contributed by atoms with Gasteiger partial charge in [0.2, 0.25) is 15.9 Å². The van der Waals surface area contributed by atoms with E-state index in [0.29, 0.717) is 25.8 Å². The maximum atomic E-state index is 12.6. The molecule has 0 aromatic rings. The lowest BCUT2D eigenvalue weighted by Gasteiger charge is -2.34. The molecule has 0 spiro atoms. The van der Waals surface area contributed by atoms with Gasteiger partial charge in [0.25, 0.3) is 0 Å². The monoisotopic (exact) mass is 362 g/mol. The van der Waals surface area contributed by atoms with Gasteiger partial charge in [0.05, 0.1) is 18.4 Å². The Morgan fingerprint density at radius 2 is 2.00 bits per heavy atom. The summed E-state index contributed by atoms with van der Waals surface area (Å²) in [6.45, 7) is 8.45. The Morgan fingerprint density at radius 3 is 2.54 bits per heavy atom. The first-order chi connectivity index (χ1) is 11.1. The van der Waals surface area contributed by atoms with Crippen molar-refractivity contribution in [1.29, 1.82) is 0 Å². The number of hydrogen-bond acceptors (Lipinski definition) is 4. The third-order valence-corrected chi connectivity index (χ3v) is 6.46. The molecule has 1 aliphatic heterocycles. The number of piperidine rings is 1. The number of carbonyl (C=O) groups is 1. The van der Waals surface area contributed by atoms with Crippen molar-refractivity contribution in [2.45, 2.75) is 78.3 Å². The van der Waals surface area contributed by atoms with Gasteiger partial charge in [0, 0.05) is 6.54 Å². The molecule has 1 rings (SSSR count). The van der Waals surface area contributed by atoms with Crippen LogP contribution in [0.25, 0.3) is 0 Å². The fourth-order valence-electron chi connectivity index (χ4n) is 2.99. The van der Waals surface area contributed by atoms with Crippen molar-refractivity contribution in [2.24, 2.45) is 5.41 Å². The summed E-state index contributed by atoms with van der Waals surface area (Å²) in [6, 6.07) is -0.964. The molecule has 142 valence electrons. The third-order valence-electron chi connectivity index (χ3n) is 4.39. The fourth-order valence-corrected chi connectivity index (χ4v) is 4.74. The van der Waals surface area contributed by atoms with Crippen LogP contribution in [0.5, 0.6) is 0 Å². The zero-order valence-corrected chi connectivity index (χ0v) is 16.4. The number of amides is 1. The molecule has 0 aliphatic carbocycles. The van der Waals surface area contributed by atoms with Gasteiger partial charge in [-0.05, 0) is 37.5 Å². The van der Waals surface area contributed by atoms with Crippen LogP contribution >= 0.6 is 0 Å². The minimum Gasteiger partial charge on any atom is -0.394 e. The van der Waals surface area contributed by atoms with Crippen molar-refractivity contribution in [3.05, 3.63) is 0 Å². The second-order valence-electron chi connectivity index (χ2n) is 7.93. The molecule has 1 amide bonds. The maximum absolute atomic E-state index is 12.6. The highest BCUT2D eigenvalue weighted by Crippen LogP contribution is 2.23. The lowest BCUT2D eigenvalue weighted by Crippen LogP contribution is -2.54. The van der Waals surface area contributed by atoms with E-state index in [-0.39, 0.29) is 29.7 Å². The molecule has 0 radical (unpaired) electrons. The molecule has 7 heteroatoms. The molecule has 1 aliphatic rings. The Hall–Kier alpha value is -0.660. The topological polar surface area (TPSA) is 86.7 Å². The molecule has 2 atom stereocenters. The molecule has 0 aromatic heterocycles. The molecule has 24 heavy (non-hydrogen) atoms. The molecule has 1 saturated heterocycles. The van der Waals surface area contributed by atoms with E-state index < -0.39 is 16.1 Å². The zero-order valence-electron chi connectivity index (χ0n) is 15.5. The van der Waals surface area contributed by atoms with Gasteiger partial charge in [0.15, 0.2) is 0 Å². The molecule has 0 bridgehead atoms. The minimum absolute atomic E-state index is 0.0736. The molecule has 2 N–H and O–H groups in total. The number of carbonyl (C=O) groups excluding carboxylic acids is 1. The molecule has 0 saturated carbocycles. The van der Waals surface area contributed by atoms with Crippen LogP contribution in [-0.4, -0.2) is 54.7 Å². The number of aliphatic hydroxyl groups is 1. The molecular weight excluding hydrogens is 328 g/mol. The summed E-state index contributed by atoms with van der Waals surface area (Å²) in [5.41, 5.74) is 0.124. The number of rotatable bonds is 8. The van der Waals surface area contributed by atoms with Gasteiger partial charge in [-0.3, -0.25) is 4.79 Å². The molecule has 1 heterocycles. The lowest BCUT2D eigenvalue weighted by molar-refractivity contribution is -0.126. The second-order valence-corrected chi connectivity index (χ2v) is 9.97. The number of hydrogen-bond donors (Lipinski definition) is 2. The van der Waals surface area contributed by atoms with Crippen LogP contribution in [0.4, 0.5) is 0 Å². The van der Waals surface area contributed by atoms with Crippen LogP contribution in [0.15, 0.2) is 0 Å². The zero-order chi connectivity index (χ0) is 18.4. The van der Waals surface area contributed by atoms with Gasteiger partial charge in [0.1, 0.15) is 6.04 Å². The quantitative estimate of drug-likeness (QED) is 0.690. The third kappa shape index (κ3) is 6.69. The second kappa shape index (κ2) is 9.15. The summed E-state index contributed by atoms with van der Waals surface area (Å²) in [7, 11) is -3.40. The van der Waals surface area contributed by atoms with Crippen LogP contribution in [0.2, 0.25) is 0 Å². The van der Waals surface area contributed by atoms with Crippen LogP contribution < -0.4 is 5.32 Å². The van der Waals surface area contributed by atoms with Gasteiger partial charge in [-0.15, -0.1) is 0 Å². The van der Waals surface area contributed by atoms with Gasteiger partial charge >= 0.3 is 0 Å². The Kier molecular flexibility index (Phi) is 8.15. The summed E-state index contributed by atoms with van der Waals surface area (Å²) in [5, 5.41) is 12.4. The number of aliphatic hydroxyl groups excluding tert-OH is 1. The first-order valence-corrected chi connectivity index (χ1v) is 10.6. The smallest absolute Gasteiger partial charge is 0.238 e. The van der Waals surface area contributed by atoms with Crippen molar-refractivity contribution in [1.82, 2.24) is 9.62 Å². The molecule has 0 unspecified atom stereocenters. The van der Waals surface area contributed by atoms with Gasteiger partial charge in [-0.25, -0.2) is 8.42 Å². The fraction of sp³-hybridized carbons (Fsp3) is 0.941. The van der Waals surface area contributed by atoms with Gasteiger partial charge < -0.3 is 10.4 Å². The number of nitrogens with one attached hydrogen (secondary N) is 1. The Labute approximate surface area is 147 Å². The van der Waals surface area contributed by atoms with Crippen LogP contribution in [0.3, 0.4) is 0 Å². The normalized spacial score (nSPS) is 21.5. The SMILES string of the molecule is CCCS(=O)(=O)N1CCCC[C@H]1C(=O)N[C@@H](CO)CCC(C)(C)C. The van der Waals surface area contributed by atoms with E-state index in [9.17, 15) is 18.3 Å². The van der Waals surface area contributed by atoms with E-state index in [1.807, 2.05) is 6.92 Å². The Morgan fingerprint density at radius 1 is 1.33 bits per heavy atom. The van der Waals surface area contributed by atoms with Crippen molar-refractivity contribution in [3.8, 4) is 0 Å². The summed E-state index contributed by atoms with van der Waals surface area (Å²) in [6.07, 6.45) is 4.29. The van der Waals surface area contributed by atoms with E-state index >= 15 is 0 Å². The van der Waals surface area contributed by atoms with E-state index in [2.05, 4.69) is 26.1 Å². The largest absolute Gasteiger partial charge is 0.394 e. The van der Waals surface area contributed by atoms with Crippen LogP contribution in [0, 0.1) is 5.41 Å². The van der Waals surface area contributed by atoms with Crippen molar-refractivity contribution in [3.63, 3.8) is 0 Å². The summed E-state index contributed by atoms with van der Waals surface area (Å²) < 4.78 is 26.2. The summed E-state index contributed by atoms with van der Waals surface area (Å²) in [4.78, 5) is 12.6. The molecule has 6 nitrogen and oxygen atoms in total. The highest BCUT2D eigenvalue weighted by Gasteiger charge is 2.36. The molecule has 1 fully saturated rings. The average molecular weight is 363 g/mol. The summed E-state index contributed by atoms with van der Waals surface area (Å²) in [5.74, 6) is -0.202. The van der Waals surface area contributed by atoms with E-state index in [0.717, 1.165) is 19.3 Å². The van der Waals surface area contributed by atoms with Crippen LogP contribution in [0.1, 0.15) is 66.2 Å². The average Bonchev–Trinajstić information content (AvgIpc) is 2.50. The highest BCUT2D eigenvalue weighted by atomic mass is 32.2. The van der Waals surface area contributed by atoms with Crippen molar-refractivity contribution in [2.75, 3.05) is 18.9 Å². The highest BCUT2D eigenvalue weighted by molar-refractivity contribution is 7.89. The maximum Gasteiger partial charge on any atom is 0.238 e.